The number of fused-ring (bicyclic) bond motifs is 4. The predicted molar refractivity (Wildman–Crippen MR) is 218 cm³/mol. The molecule has 0 unspecified atom stereocenters. The zero-order valence-corrected chi connectivity index (χ0v) is 29.0. The van der Waals surface area contributed by atoms with Gasteiger partial charge in [0, 0.05) is 52.4 Å². The van der Waals surface area contributed by atoms with Crippen LogP contribution in [0.2, 0.25) is 0 Å². The lowest BCUT2D eigenvalue weighted by Crippen LogP contribution is -2.01. The van der Waals surface area contributed by atoms with E-state index in [1.165, 1.54) is 10.8 Å². The van der Waals surface area contributed by atoms with Crippen molar-refractivity contribution in [1.29, 1.82) is 0 Å². The highest BCUT2D eigenvalue weighted by atomic mass is 15.0. The van der Waals surface area contributed by atoms with E-state index in [1.54, 1.807) is 24.8 Å². The van der Waals surface area contributed by atoms with Gasteiger partial charge < -0.3 is 0 Å². The largest absolute Gasteiger partial charge is 0.265 e. The lowest BCUT2D eigenvalue weighted by atomic mass is 9.91. The van der Waals surface area contributed by atoms with E-state index in [2.05, 4.69) is 137 Å². The number of nitrogens with zero attached hydrogens (tertiary/aromatic N) is 6. The minimum absolute atomic E-state index is 0.588. The summed E-state index contributed by atoms with van der Waals surface area (Å²) in [5.41, 5.74) is 10.3. The van der Waals surface area contributed by atoms with Gasteiger partial charge >= 0.3 is 0 Å². The van der Waals surface area contributed by atoms with Gasteiger partial charge in [0.2, 0.25) is 0 Å². The van der Waals surface area contributed by atoms with Gasteiger partial charge in [0.1, 0.15) is 0 Å². The third-order valence-corrected chi connectivity index (χ3v) is 9.95. The number of pyridine rings is 3. The van der Waals surface area contributed by atoms with E-state index >= 15 is 0 Å². The van der Waals surface area contributed by atoms with Gasteiger partial charge in [-0.1, -0.05) is 115 Å². The summed E-state index contributed by atoms with van der Waals surface area (Å²) in [4.78, 5) is 28.4. The third-order valence-electron chi connectivity index (χ3n) is 9.95. The average Bonchev–Trinajstić information content (AvgIpc) is 3.26. The van der Waals surface area contributed by atoms with Gasteiger partial charge in [0.05, 0.1) is 11.2 Å². The molecule has 0 amide bonds. The summed E-state index contributed by atoms with van der Waals surface area (Å²) in [7, 11) is 0. The van der Waals surface area contributed by atoms with Crippen molar-refractivity contribution in [3.8, 4) is 67.7 Å². The van der Waals surface area contributed by atoms with E-state index < -0.39 is 0 Å². The SMILES string of the molecule is c1ccc(-c2cc(-c3ccc(-c4ccc(-c5nc(-c6ccncc6)nc(-c6ccncc6)n5)c5ccccc45)cc3)c3c(ccc4ccccc43)n2)cc1. The molecule has 6 aromatic carbocycles. The minimum Gasteiger partial charge on any atom is -0.265 e. The van der Waals surface area contributed by atoms with Crippen molar-refractivity contribution in [2.24, 2.45) is 0 Å². The fourth-order valence-corrected chi connectivity index (χ4v) is 7.32. The Bertz CT molecular complexity index is 2910. The van der Waals surface area contributed by atoms with Gasteiger partial charge in [-0.25, -0.2) is 19.9 Å². The van der Waals surface area contributed by atoms with Crippen LogP contribution in [0.3, 0.4) is 0 Å². The van der Waals surface area contributed by atoms with Crippen LogP contribution in [0.15, 0.2) is 183 Å². The Morgan fingerprint density at radius 1 is 0.315 bits per heavy atom. The zero-order valence-electron chi connectivity index (χ0n) is 29.0. The predicted octanol–water partition coefficient (Wildman–Crippen LogP) is 11.5. The molecule has 10 rings (SSSR count). The molecule has 4 heterocycles. The normalized spacial score (nSPS) is 11.3. The van der Waals surface area contributed by atoms with Crippen LogP contribution in [0.1, 0.15) is 0 Å². The summed E-state index contributed by atoms with van der Waals surface area (Å²) in [6, 6.07) is 54.8. The molecule has 0 saturated heterocycles. The highest BCUT2D eigenvalue weighted by Crippen LogP contribution is 2.39. The van der Waals surface area contributed by atoms with Crippen LogP contribution in [0.4, 0.5) is 0 Å². The summed E-state index contributed by atoms with van der Waals surface area (Å²) in [5.74, 6) is 1.78. The number of hydrogen-bond acceptors (Lipinski definition) is 6. The minimum atomic E-state index is 0.588. The fourth-order valence-electron chi connectivity index (χ4n) is 7.32. The Balaban J connectivity index is 1.10. The lowest BCUT2D eigenvalue weighted by Gasteiger charge is -2.15. The van der Waals surface area contributed by atoms with E-state index in [4.69, 9.17) is 19.9 Å². The van der Waals surface area contributed by atoms with Crippen molar-refractivity contribution in [2.45, 2.75) is 0 Å². The van der Waals surface area contributed by atoms with E-state index in [9.17, 15) is 0 Å². The van der Waals surface area contributed by atoms with E-state index in [0.29, 0.717) is 17.5 Å². The Morgan fingerprint density at radius 3 is 1.52 bits per heavy atom. The molecule has 54 heavy (non-hydrogen) atoms. The summed E-state index contributed by atoms with van der Waals surface area (Å²) in [6.07, 6.45) is 7.01. The first-order chi connectivity index (χ1) is 26.8. The number of aromatic nitrogens is 6. The van der Waals surface area contributed by atoms with Gasteiger partial charge in [-0.2, -0.15) is 0 Å². The summed E-state index contributed by atoms with van der Waals surface area (Å²) >= 11 is 0. The van der Waals surface area contributed by atoms with Crippen LogP contribution in [0, 0.1) is 0 Å². The molecule has 252 valence electrons. The molecule has 0 aliphatic carbocycles. The molecule has 0 bridgehead atoms. The van der Waals surface area contributed by atoms with Gasteiger partial charge in [0.15, 0.2) is 17.5 Å². The maximum absolute atomic E-state index is 5.14. The Kier molecular flexibility index (Phi) is 7.69. The van der Waals surface area contributed by atoms with Crippen LogP contribution in [0.25, 0.3) is 100 Å². The van der Waals surface area contributed by atoms with Crippen molar-refractivity contribution in [3.05, 3.63) is 183 Å². The molecule has 0 spiro atoms. The van der Waals surface area contributed by atoms with Crippen LogP contribution >= 0.6 is 0 Å². The van der Waals surface area contributed by atoms with Crippen molar-refractivity contribution < 1.29 is 0 Å². The van der Waals surface area contributed by atoms with Gasteiger partial charge in [-0.05, 0) is 86.3 Å². The number of benzene rings is 6. The second kappa shape index (κ2) is 13.3. The van der Waals surface area contributed by atoms with Crippen molar-refractivity contribution in [1.82, 2.24) is 29.9 Å². The van der Waals surface area contributed by atoms with Crippen molar-refractivity contribution in [3.63, 3.8) is 0 Å². The maximum Gasteiger partial charge on any atom is 0.164 e. The first kappa shape index (κ1) is 31.3. The number of rotatable bonds is 6. The van der Waals surface area contributed by atoms with Gasteiger partial charge in [-0.15, -0.1) is 0 Å². The van der Waals surface area contributed by atoms with Crippen molar-refractivity contribution in [2.75, 3.05) is 0 Å². The quantitative estimate of drug-likeness (QED) is 0.162. The first-order valence-electron chi connectivity index (χ1n) is 17.8. The average molecular weight is 691 g/mol. The molecule has 0 N–H and O–H groups in total. The van der Waals surface area contributed by atoms with E-state index in [1.807, 2.05) is 30.3 Å². The second-order valence-corrected chi connectivity index (χ2v) is 13.2. The molecule has 0 atom stereocenters. The lowest BCUT2D eigenvalue weighted by molar-refractivity contribution is 1.07. The Hall–Kier alpha value is -7.44. The van der Waals surface area contributed by atoms with Crippen LogP contribution < -0.4 is 0 Å². The van der Waals surface area contributed by atoms with Crippen molar-refractivity contribution >= 4 is 32.4 Å². The highest BCUT2D eigenvalue weighted by molar-refractivity contribution is 6.14. The number of hydrogen-bond donors (Lipinski definition) is 0. The smallest absolute Gasteiger partial charge is 0.164 e. The maximum atomic E-state index is 5.14. The standard InChI is InChI=1S/C48H30N6/c1-2-9-34(10-3-1)44-30-42(45-38-11-5-4-8-31(38)18-21-43(45)51-44)33-16-14-32(15-17-33)37-19-20-41(40-13-7-6-12-39(37)40)48-53-46(35-22-26-49-27-23-35)52-47(54-48)36-24-28-50-29-25-36/h1-30H. The Morgan fingerprint density at radius 2 is 0.852 bits per heavy atom. The molecule has 6 heteroatoms. The van der Waals surface area contributed by atoms with Gasteiger partial charge in [0.25, 0.3) is 0 Å². The molecular formula is C48H30N6. The summed E-state index contributed by atoms with van der Waals surface area (Å²) in [6.45, 7) is 0. The topological polar surface area (TPSA) is 77.3 Å². The summed E-state index contributed by atoms with van der Waals surface area (Å²) < 4.78 is 0. The molecule has 0 aliphatic rings. The van der Waals surface area contributed by atoms with E-state index in [0.717, 1.165) is 71.9 Å². The monoisotopic (exact) mass is 690 g/mol. The molecule has 0 saturated carbocycles. The first-order valence-corrected chi connectivity index (χ1v) is 17.8. The van der Waals surface area contributed by atoms with E-state index in [-0.39, 0.29) is 0 Å². The summed E-state index contributed by atoms with van der Waals surface area (Å²) in [5, 5.41) is 5.73. The van der Waals surface area contributed by atoms with Crippen LogP contribution in [-0.2, 0) is 0 Å². The zero-order chi connectivity index (χ0) is 35.8. The molecule has 0 radical (unpaired) electrons. The molecule has 0 fully saturated rings. The highest BCUT2D eigenvalue weighted by Gasteiger charge is 2.17. The van der Waals surface area contributed by atoms with Gasteiger partial charge in [-0.3, -0.25) is 9.97 Å². The molecular weight excluding hydrogens is 661 g/mol. The molecule has 4 aromatic heterocycles. The fraction of sp³-hybridized carbons (Fsp3) is 0. The second-order valence-electron chi connectivity index (χ2n) is 13.2. The molecule has 6 nitrogen and oxygen atoms in total. The Labute approximate surface area is 311 Å². The molecule has 10 aromatic rings. The molecule has 0 aliphatic heterocycles. The van der Waals surface area contributed by atoms with Crippen LogP contribution in [0.5, 0.6) is 0 Å². The third kappa shape index (κ3) is 5.63. The van der Waals surface area contributed by atoms with Crippen LogP contribution in [-0.4, -0.2) is 29.9 Å².